The van der Waals surface area contributed by atoms with Crippen LogP contribution in [-0.4, -0.2) is 49.7 Å². The van der Waals surface area contributed by atoms with Gasteiger partial charge in [-0.1, -0.05) is 18.2 Å². The van der Waals surface area contributed by atoms with Crippen molar-refractivity contribution in [1.82, 2.24) is 9.88 Å². The molecule has 0 bridgehead atoms. The number of methoxy groups -OCH3 is 1. The third kappa shape index (κ3) is 5.11. The predicted octanol–water partition coefficient (Wildman–Crippen LogP) is 5.48. The number of rotatable bonds is 7. The van der Waals surface area contributed by atoms with Crippen molar-refractivity contribution in [2.24, 2.45) is 0 Å². The maximum atomic E-state index is 5.39. The fraction of sp³-hybridized carbons (Fsp3) is 0.423. The number of aromatic nitrogens is 1. The summed E-state index contributed by atoms with van der Waals surface area (Å²) in [7, 11) is 1.74. The molecule has 5 rings (SSSR count). The summed E-state index contributed by atoms with van der Waals surface area (Å²) in [4.78, 5) is 11.6. The lowest BCUT2D eigenvalue weighted by Crippen LogP contribution is -2.46. The van der Waals surface area contributed by atoms with E-state index in [4.69, 9.17) is 9.72 Å². The van der Waals surface area contributed by atoms with Crippen LogP contribution in [0.1, 0.15) is 28.3 Å². The smallest absolute Gasteiger partial charge is 0.119 e. The number of unbranched alkanes of at least 4 members (excludes halogenated alkanes) is 1. The van der Waals surface area contributed by atoms with Crippen LogP contribution in [0.3, 0.4) is 0 Å². The molecule has 0 atom stereocenters. The van der Waals surface area contributed by atoms with Gasteiger partial charge in [-0.25, -0.2) is 4.98 Å². The number of hydrogen-bond acceptors (Lipinski definition) is 5. The third-order valence-corrected chi connectivity index (χ3v) is 7.71. The Labute approximate surface area is 201 Å². The number of benzene rings is 2. The molecule has 2 aliphatic rings. The molecule has 32 heavy (non-hydrogen) atoms. The Morgan fingerprint density at radius 1 is 0.969 bits per heavy atom. The third-order valence-electron chi connectivity index (χ3n) is 6.54. The monoisotopic (exact) mass is 469 g/mol. The molecule has 0 saturated carbocycles. The van der Waals surface area contributed by atoms with Gasteiger partial charge in [-0.05, 0) is 74.5 Å². The van der Waals surface area contributed by atoms with Crippen LogP contribution in [0, 0.1) is 0 Å². The van der Waals surface area contributed by atoms with E-state index in [1.807, 2.05) is 11.3 Å². The first-order valence-electron chi connectivity index (χ1n) is 11.5. The first-order valence-corrected chi connectivity index (χ1v) is 12.3. The van der Waals surface area contributed by atoms with Crippen molar-refractivity contribution < 1.29 is 4.74 Å². The van der Waals surface area contributed by atoms with Gasteiger partial charge in [0.1, 0.15) is 5.75 Å². The molecular formula is C26H32ClN3OS. The van der Waals surface area contributed by atoms with E-state index in [-0.39, 0.29) is 12.4 Å². The maximum Gasteiger partial charge on any atom is 0.119 e. The molecule has 1 saturated heterocycles. The molecule has 1 aromatic heterocycles. The Morgan fingerprint density at radius 3 is 2.56 bits per heavy atom. The Morgan fingerprint density at radius 2 is 1.78 bits per heavy atom. The molecule has 1 aliphatic carbocycles. The summed E-state index contributed by atoms with van der Waals surface area (Å²) in [5, 5.41) is 1.31. The molecule has 1 fully saturated rings. The number of ether oxygens (including phenoxy) is 1. The molecule has 2 aromatic carbocycles. The number of fused-ring (bicyclic) bond motifs is 3. The van der Waals surface area contributed by atoms with Gasteiger partial charge >= 0.3 is 0 Å². The first-order chi connectivity index (χ1) is 15.3. The van der Waals surface area contributed by atoms with Gasteiger partial charge in [0.2, 0.25) is 0 Å². The number of para-hydroxylation sites is 1. The number of aryl methyl sites for hydroxylation is 3. The lowest BCUT2D eigenvalue weighted by molar-refractivity contribution is 0.253. The number of piperazine rings is 1. The molecule has 4 nitrogen and oxygen atoms in total. The SMILES string of the molecule is COc1ccc2c(c1)CCc1sc(CCCCN3CCN(c4ccccc4)CC3)nc1-2.Cl. The largest absolute Gasteiger partial charge is 0.497 e. The maximum absolute atomic E-state index is 5.39. The van der Waals surface area contributed by atoms with E-state index in [2.05, 4.69) is 58.3 Å². The average Bonchev–Trinajstić information content (AvgIpc) is 3.26. The van der Waals surface area contributed by atoms with Crippen molar-refractivity contribution in [3.63, 3.8) is 0 Å². The van der Waals surface area contributed by atoms with Crippen LogP contribution in [0.2, 0.25) is 0 Å². The minimum atomic E-state index is 0. The van der Waals surface area contributed by atoms with Crippen molar-refractivity contribution in [3.05, 3.63) is 64.0 Å². The van der Waals surface area contributed by atoms with E-state index >= 15 is 0 Å². The van der Waals surface area contributed by atoms with E-state index in [0.29, 0.717) is 0 Å². The van der Waals surface area contributed by atoms with Crippen LogP contribution in [0.5, 0.6) is 5.75 Å². The van der Waals surface area contributed by atoms with Gasteiger partial charge < -0.3 is 9.64 Å². The van der Waals surface area contributed by atoms with Gasteiger partial charge in [-0.3, -0.25) is 4.90 Å². The van der Waals surface area contributed by atoms with Crippen molar-refractivity contribution in [1.29, 1.82) is 0 Å². The second-order valence-corrected chi connectivity index (χ2v) is 9.69. The van der Waals surface area contributed by atoms with E-state index < -0.39 is 0 Å². The number of halogens is 1. The molecule has 6 heteroatoms. The molecule has 170 valence electrons. The second kappa shape index (κ2) is 10.7. The fourth-order valence-electron chi connectivity index (χ4n) is 4.75. The Kier molecular flexibility index (Phi) is 7.71. The van der Waals surface area contributed by atoms with Gasteiger partial charge in [0.05, 0.1) is 17.8 Å². The van der Waals surface area contributed by atoms with Gasteiger partial charge in [0.15, 0.2) is 0 Å². The van der Waals surface area contributed by atoms with Crippen LogP contribution in [0.15, 0.2) is 48.5 Å². The Bertz CT molecular complexity index is 1020. The Balaban J connectivity index is 0.00000245. The van der Waals surface area contributed by atoms with Gasteiger partial charge in [-0.2, -0.15) is 0 Å². The summed E-state index contributed by atoms with van der Waals surface area (Å²) in [6.07, 6.45) is 5.78. The van der Waals surface area contributed by atoms with E-state index in [0.717, 1.165) is 38.1 Å². The number of hydrogen-bond donors (Lipinski definition) is 0. The molecule has 2 heterocycles. The first kappa shape index (κ1) is 23.1. The van der Waals surface area contributed by atoms with Crippen LogP contribution in [0.25, 0.3) is 11.3 Å². The van der Waals surface area contributed by atoms with Crippen LogP contribution >= 0.6 is 23.7 Å². The zero-order chi connectivity index (χ0) is 21.0. The standard InChI is InChI=1S/C26H31N3OS.ClH/c1-30-22-11-12-23-20(19-22)10-13-24-26(23)27-25(31-24)9-5-6-14-28-15-17-29(18-16-28)21-7-3-2-4-8-21;/h2-4,7-8,11-12,19H,5-6,9-10,13-18H2,1H3;1H. The fourth-order valence-corrected chi connectivity index (χ4v) is 5.87. The minimum Gasteiger partial charge on any atom is -0.497 e. The minimum absolute atomic E-state index is 0. The zero-order valence-corrected chi connectivity index (χ0v) is 20.4. The van der Waals surface area contributed by atoms with E-state index in [1.54, 1.807) is 7.11 Å². The number of anilines is 1. The summed E-state index contributed by atoms with van der Waals surface area (Å²) >= 11 is 1.93. The highest BCUT2D eigenvalue weighted by molar-refractivity contribution is 7.12. The van der Waals surface area contributed by atoms with Crippen molar-refractivity contribution >= 4 is 29.4 Å². The summed E-state index contributed by atoms with van der Waals surface area (Å²) < 4.78 is 5.39. The molecule has 0 unspecified atom stereocenters. The van der Waals surface area contributed by atoms with Crippen LogP contribution < -0.4 is 9.64 Å². The lowest BCUT2D eigenvalue weighted by Gasteiger charge is -2.36. The highest BCUT2D eigenvalue weighted by Gasteiger charge is 2.21. The summed E-state index contributed by atoms with van der Waals surface area (Å²) in [6, 6.07) is 17.2. The van der Waals surface area contributed by atoms with Crippen molar-refractivity contribution in [2.75, 3.05) is 44.7 Å². The molecule has 3 aromatic rings. The van der Waals surface area contributed by atoms with Crippen LogP contribution in [-0.2, 0) is 19.3 Å². The normalized spacial score (nSPS) is 15.6. The average molecular weight is 470 g/mol. The molecule has 0 N–H and O–H groups in total. The van der Waals surface area contributed by atoms with E-state index in [1.165, 1.54) is 64.9 Å². The number of thiazole rings is 1. The second-order valence-electron chi connectivity index (χ2n) is 8.52. The molecule has 0 spiro atoms. The van der Waals surface area contributed by atoms with Crippen molar-refractivity contribution in [3.8, 4) is 17.0 Å². The highest BCUT2D eigenvalue weighted by Crippen LogP contribution is 2.38. The molecule has 1 aliphatic heterocycles. The van der Waals surface area contributed by atoms with Gasteiger partial charge in [-0.15, -0.1) is 23.7 Å². The summed E-state index contributed by atoms with van der Waals surface area (Å²) in [5.41, 5.74) is 5.26. The molecule has 0 amide bonds. The zero-order valence-electron chi connectivity index (χ0n) is 18.8. The highest BCUT2D eigenvalue weighted by atomic mass is 35.5. The van der Waals surface area contributed by atoms with Gasteiger partial charge in [0, 0.05) is 42.3 Å². The van der Waals surface area contributed by atoms with Crippen LogP contribution in [0.4, 0.5) is 5.69 Å². The number of nitrogens with zero attached hydrogens (tertiary/aromatic N) is 3. The van der Waals surface area contributed by atoms with Gasteiger partial charge in [0.25, 0.3) is 0 Å². The summed E-state index contributed by atoms with van der Waals surface area (Å²) in [5.74, 6) is 0.947. The molecule has 0 radical (unpaired) electrons. The Hall–Kier alpha value is -2.08. The quantitative estimate of drug-likeness (QED) is 0.428. The van der Waals surface area contributed by atoms with Crippen molar-refractivity contribution in [2.45, 2.75) is 32.1 Å². The molecular weight excluding hydrogens is 438 g/mol. The topological polar surface area (TPSA) is 28.6 Å². The predicted molar refractivity (Wildman–Crippen MR) is 137 cm³/mol. The summed E-state index contributed by atoms with van der Waals surface area (Å²) in [6.45, 7) is 5.80. The lowest BCUT2D eigenvalue weighted by atomic mass is 9.93. The van der Waals surface area contributed by atoms with E-state index in [9.17, 15) is 0 Å².